The van der Waals surface area contributed by atoms with Gasteiger partial charge in [0, 0.05) is 17.3 Å². The van der Waals surface area contributed by atoms with E-state index in [0.29, 0.717) is 12.5 Å². The third-order valence-corrected chi connectivity index (χ3v) is 4.57. The van der Waals surface area contributed by atoms with Crippen molar-refractivity contribution in [2.75, 3.05) is 19.6 Å². The fraction of sp³-hybridized carbons (Fsp3) is 0.615. The minimum absolute atomic E-state index is 0. The highest BCUT2D eigenvalue weighted by Crippen LogP contribution is 2.24. The summed E-state index contributed by atoms with van der Waals surface area (Å²) in [5, 5.41) is 3.29. The highest BCUT2D eigenvalue weighted by Gasteiger charge is 2.25. The van der Waals surface area contributed by atoms with Crippen molar-refractivity contribution in [1.82, 2.24) is 10.2 Å². The van der Waals surface area contributed by atoms with Crippen LogP contribution >= 0.6 is 35.3 Å². The molecule has 0 aliphatic carbocycles. The number of hydrogen-bond acceptors (Lipinski definition) is 3. The first-order valence-corrected chi connectivity index (χ1v) is 7.64. The smallest absolute Gasteiger partial charge is 0.226 e. The minimum Gasteiger partial charge on any atom is -0.338 e. The van der Waals surface area contributed by atoms with Crippen LogP contribution in [0.3, 0.4) is 0 Å². The van der Waals surface area contributed by atoms with Gasteiger partial charge in [-0.05, 0) is 45.0 Å². The second kappa shape index (κ2) is 8.10. The zero-order valence-electron chi connectivity index (χ0n) is 11.0. The molecule has 1 amide bonds. The molecule has 1 aliphatic rings. The number of nitrogens with zero attached hydrogens (tertiary/aromatic N) is 1. The molecule has 1 N–H and O–H groups in total. The van der Waals surface area contributed by atoms with E-state index in [2.05, 4.69) is 5.32 Å². The summed E-state index contributed by atoms with van der Waals surface area (Å²) >= 11 is 7.48. The molecular formula is C13H20Cl2N2OS. The number of thiophene rings is 1. The molecule has 6 heteroatoms. The maximum Gasteiger partial charge on any atom is 0.226 e. The molecule has 1 saturated heterocycles. The fourth-order valence-corrected chi connectivity index (χ4v) is 3.40. The lowest BCUT2D eigenvalue weighted by atomic mass is 9.96. The lowest BCUT2D eigenvalue weighted by molar-refractivity contribution is -0.136. The summed E-state index contributed by atoms with van der Waals surface area (Å²) in [4.78, 5) is 15.5. The molecule has 0 atom stereocenters. The van der Waals surface area contributed by atoms with E-state index >= 15 is 0 Å². The highest BCUT2D eigenvalue weighted by atomic mass is 35.5. The van der Waals surface area contributed by atoms with Crippen molar-refractivity contribution in [2.24, 2.45) is 5.92 Å². The molecule has 1 aromatic heterocycles. The molecule has 3 nitrogen and oxygen atoms in total. The van der Waals surface area contributed by atoms with Crippen molar-refractivity contribution < 1.29 is 4.79 Å². The van der Waals surface area contributed by atoms with Crippen LogP contribution in [0.5, 0.6) is 0 Å². The number of nitrogens with one attached hydrogen (secondary N) is 1. The summed E-state index contributed by atoms with van der Waals surface area (Å²) < 4.78 is 0.787. The zero-order chi connectivity index (χ0) is 13.0. The Balaban J connectivity index is 0.00000180. The van der Waals surface area contributed by atoms with Gasteiger partial charge in [-0.2, -0.15) is 0 Å². The van der Waals surface area contributed by atoms with Gasteiger partial charge in [-0.25, -0.2) is 0 Å². The topological polar surface area (TPSA) is 32.3 Å². The number of piperidine rings is 1. The standard InChI is InChI=1S/C13H19ClN2OS.ClH/c1-2-16(9-11-3-4-12(14)18-11)13(17)10-5-7-15-8-6-10;/h3-4,10,15H,2,5-9H2,1H3;1H. The van der Waals surface area contributed by atoms with Gasteiger partial charge in [0.05, 0.1) is 10.9 Å². The Morgan fingerprint density at radius 3 is 2.68 bits per heavy atom. The Kier molecular flexibility index (Phi) is 7.15. The fourth-order valence-electron chi connectivity index (χ4n) is 2.30. The highest BCUT2D eigenvalue weighted by molar-refractivity contribution is 7.16. The van der Waals surface area contributed by atoms with Crippen LogP contribution in [0.4, 0.5) is 0 Å². The Morgan fingerprint density at radius 2 is 2.16 bits per heavy atom. The van der Waals surface area contributed by atoms with E-state index in [4.69, 9.17) is 11.6 Å². The number of halogens is 2. The van der Waals surface area contributed by atoms with Gasteiger partial charge >= 0.3 is 0 Å². The number of rotatable bonds is 4. The van der Waals surface area contributed by atoms with E-state index in [-0.39, 0.29) is 18.3 Å². The lowest BCUT2D eigenvalue weighted by Gasteiger charge is -2.28. The van der Waals surface area contributed by atoms with Gasteiger partial charge in [-0.3, -0.25) is 4.79 Å². The van der Waals surface area contributed by atoms with Crippen molar-refractivity contribution in [2.45, 2.75) is 26.3 Å². The normalized spacial score (nSPS) is 15.9. The quantitative estimate of drug-likeness (QED) is 0.923. The van der Waals surface area contributed by atoms with Gasteiger partial charge in [0.2, 0.25) is 5.91 Å². The van der Waals surface area contributed by atoms with Gasteiger partial charge in [0.15, 0.2) is 0 Å². The van der Waals surface area contributed by atoms with Gasteiger partial charge in [-0.1, -0.05) is 11.6 Å². The van der Waals surface area contributed by atoms with E-state index < -0.39 is 0 Å². The summed E-state index contributed by atoms with van der Waals surface area (Å²) in [6, 6.07) is 3.90. The van der Waals surface area contributed by atoms with Crippen LogP contribution in [0, 0.1) is 5.92 Å². The Hall–Kier alpha value is -0.290. The summed E-state index contributed by atoms with van der Waals surface area (Å²) in [5.41, 5.74) is 0. The maximum absolute atomic E-state index is 12.4. The molecule has 0 unspecified atom stereocenters. The molecule has 0 bridgehead atoms. The van der Waals surface area contributed by atoms with Crippen molar-refractivity contribution in [1.29, 1.82) is 0 Å². The van der Waals surface area contributed by atoms with E-state index in [1.807, 2.05) is 24.0 Å². The molecule has 2 heterocycles. The van der Waals surface area contributed by atoms with Crippen LogP contribution in [-0.2, 0) is 11.3 Å². The first kappa shape index (κ1) is 16.8. The Morgan fingerprint density at radius 1 is 1.47 bits per heavy atom. The average molecular weight is 323 g/mol. The van der Waals surface area contributed by atoms with Crippen molar-refractivity contribution in [3.05, 3.63) is 21.3 Å². The summed E-state index contributed by atoms with van der Waals surface area (Å²) in [5.74, 6) is 0.491. The second-order valence-electron chi connectivity index (χ2n) is 4.58. The van der Waals surface area contributed by atoms with Crippen molar-refractivity contribution in [3.63, 3.8) is 0 Å². The maximum atomic E-state index is 12.4. The first-order chi connectivity index (χ1) is 8.70. The molecule has 19 heavy (non-hydrogen) atoms. The van der Waals surface area contributed by atoms with Crippen molar-refractivity contribution >= 4 is 41.3 Å². The molecule has 0 radical (unpaired) electrons. The third-order valence-electron chi connectivity index (χ3n) is 3.36. The SMILES string of the molecule is CCN(Cc1ccc(Cl)s1)C(=O)C1CCNCC1.Cl. The van der Waals surface area contributed by atoms with Gasteiger partial charge in [0.1, 0.15) is 0 Å². The summed E-state index contributed by atoms with van der Waals surface area (Å²) in [7, 11) is 0. The second-order valence-corrected chi connectivity index (χ2v) is 6.38. The largest absolute Gasteiger partial charge is 0.338 e. The van der Waals surface area contributed by atoms with E-state index in [1.54, 1.807) is 11.3 Å². The Labute approximate surface area is 129 Å². The van der Waals surface area contributed by atoms with Crippen LogP contribution in [0.1, 0.15) is 24.6 Å². The number of amides is 1. The molecule has 1 fully saturated rings. The van der Waals surface area contributed by atoms with E-state index in [1.165, 1.54) is 0 Å². The molecule has 0 saturated carbocycles. The Bertz CT molecular complexity index is 405. The minimum atomic E-state index is 0. The number of hydrogen-bond donors (Lipinski definition) is 1. The van der Waals surface area contributed by atoms with Crippen LogP contribution in [0.15, 0.2) is 12.1 Å². The van der Waals surface area contributed by atoms with E-state index in [9.17, 15) is 4.79 Å². The monoisotopic (exact) mass is 322 g/mol. The van der Waals surface area contributed by atoms with Gasteiger partial charge in [-0.15, -0.1) is 23.7 Å². The number of carbonyl (C=O) groups excluding carboxylic acids is 1. The predicted molar refractivity (Wildman–Crippen MR) is 83.3 cm³/mol. The molecule has 0 spiro atoms. The van der Waals surface area contributed by atoms with E-state index in [0.717, 1.165) is 41.7 Å². The van der Waals surface area contributed by atoms with Crippen LogP contribution in [-0.4, -0.2) is 30.4 Å². The molecule has 1 aromatic rings. The van der Waals surface area contributed by atoms with Crippen molar-refractivity contribution in [3.8, 4) is 0 Å². The molecular weight excluding hydrogens is 303 g/mol. The third kappa shape index (κ3) is 4.63. The zero-order valence-corrected chi connectivity index (χ0v) is 13.4. The molecule has 0 aromatic carbocycles. The first-order valence-electron chi connectivity index (χ1n) is 6.44. The lowest BCUT2D eigenvalue weighted by Crippen LogP contribution is -2.40. The van der Waals surface area contributed by atoms with Gasteiger partial charge < -0.3 is 10.2 Å². The average Bonchev–Trinajstić information content (AvgIpc) is 2.82. The molecule has 108 valence electrons. The number of carbonyl (C=O) groups is 1. The van der Waals surface area contributed by atoms with Crippen LogP contribution < -0.4 is 5.32 Å². The van der Waals surface area contributed by atoms with Crippen LogP contribution in [0.25, 0.3) is 0 Å². The molecule has 2 rings (SSSR count). The summed E-state index contributed by atoms with van der Waals surface area (Å²) in [6.07, 6.45) is 1.92. The van der Waals surface area contributed by atoms with Gasteiger partial charge in [0.25, 0.3) is 0 Å². The summed E-state index contributed by atoms with van der Waals surface area (Å²) in [6.45, 7) is 5.40. The predicted octanol–water partition coefficient (Wildman–Crippen LogP) is 3.17. The molecule has 1 aliphatic heterocycles. The van der Waals surface area contributed by atoms with Crippen LogP contribution in [0.2, 0.25) is 4.34 Å².